The number of benzene rings is 2. The number of aromatic nitrogens is 2. The first-order valence-corrected chi connectivity index (χ1v) is 8.39. The Morgan fingerprint density at radius 2 is 1.82 bits per heavy atom. The number of rotatable bonds is 4. The summed E-state index contributed by atoms with van der Waals surface area (Å²) >= 11 is 5.84. The van der Waals surface area contributed by atoms with Crippen LogP contribution in [0.15, 0.2) is 63.1 Å². The summed E-state index contributed by atoms with van der Waals surface area (Å²) < 4.78 is 0.916. The minimum Gasteiger partial charge on any atom is -0.493 e. The molecule has 0 unspecified atom stereocenters. The molecule has 1 aromatic heterocycles. The first-order chi connectivity index (χ1) is 13.3. The monoisotopic (exact) mass is 399 g/mol. The number of aromatic amines is 1. The molecule has 0 spiro atoms. The number of aromatic hydroxyl groups is 1. The summed E-state index contributed by atoms with van der Waals surface area (Å²) in [6.45, 7) is 1.47. The van der Waals surface area contributed by atoms with E-state index in [2.05, 4.69) is 9.98 Å². The molecule has 0 aliphatic heterocycles. The van der Waals surface area contributed by atoms with Crippen molar-refractivity contribution < 1.29 is 15.0 Å². The highest BCUT2D eigenvalue weighted by Gasteiger charge is 2.18. The Morgan fingerprint density at radius 3 is 2.46 bits per heavy atom. The second-order valence-corrected chi connectivity index (χ2v) is 6.26. The summed E-state index contributed by atoms with van der Waals surface area (Å²) in [4.78, 5) is 41.9. The van der Waals surface area contributed by atoms with E-state index >= 15 is 0 Å². The van der Waals surface area contributed by atoms with Crippen molar-refractivity contribution in [3.63, 3.8) is 0 Å². The van der Waals surface area contributed by atoms with Gasteiger partial charge in [0.25, 0.3) is 5.56 Å². The number of halogens is 1. The molecule has 0 aliphatic rings. The summed E-state index contributed by atoms with van der Waals surface area (Å²) in [7, 11) is 0. The van der Waals surface area contributed by atoms with Crippen LogP contribution in [0, 0.1) is 0 Å². The van der Waals surface area contributed by atoms with Gasteiger partial charge in [0.05, 0.1) is 22.6 Å². The minimum atomic E-state index is -1.12. The molecule has 3 aromatic rings. The van der Waals surface area contributed by atoms with Gasteiger partial charge in [-0.05, 0) is 49.4 Å². The van der Waals surface area contributed by atoms with Gasteiger partial charge < -0.3 is 10.2 Å². The van der Waals surface area contributed by atoms with Crippen molar-refractivity contribution in [1.82, 2.24) is 9.55 Å². The fraction of sp³-hybridized carbons (Fsp3) is 0.0526. The number of hydrogen-bond acceptors (Lipinski definition) is 5. The summed E-state index contributed by atoms with van der Waals surface area (Å²) in [5.74, 6) is -1.71. The van der Waals surface area contributed by atoms with Gasteiger partial charge in [-0.3, -0.25) is 14.8 Å². The van der Waals surface area contributed by atoms with E-state index in [4.69, 9.17) is 16.7 Å². The van der Waals surface area contributed by atoms with Crippen LogP contribution in [-0.4, -0.2) is 31.4 Å². The van der Waals surface area contributed by atoms with Crippen LogP contribution in [0.1, 0.15) is 22.8 Å². The van der Waals surface area contributed by atoms with Gasteiger partial charge in [0, 0.05) is 5.02 Å². The average Bonchev–Trinajstić information content (AvgIpc) is 2.63. The smallest absolute Gasteiger partial charge is 0.335 e. The molecule has 0 bridgehead atoms. The molecular formula is C19H14ClN3O5. The summed E-state index contributed by atoms with van der Waals surface area (Å²) in [6.07, 6.45) is 0. The molecule has 3 N–H and O–H groups in total. The van der Waals surface area contributed by atoms with Gasteiger partial charge >= 0.3 is 11.7 Å². The van der Waals surface area contributed by atoms with Crippen LogP contribution in [0.5, 0.6) is 5.88 Å². The zero-order valence-corrected chi connectivity index (χ0v) is 15.3. The predicted molar refractivity (Wildman–Crippen MR) is 105 cm³/mol. The van der Waals surface area contributed by atoms with Gasteiger partial charge in [-0.1, -0.05) is 17.7 Å². The van der Waals surface area contributed by atoms with Crippen LogP contribution < -0.4 is 11.2 Å². The van der Waals surface area contributed by atoms with Crippen molar-refractivity contribution in [3.8, 4) is 11.6 Å². The first-order valence-electron chi connectivity index (χ1n) is 8.01. The number of nitrogens with one attached hydrogen (secondary N) is 1. The van der Waals surface area contributed by atoms with Gasteiger partial charge in [0.15, 0.2) is 0 Å². The average molecular weight is 400 g/mol. The van der Waals surface area contributed by atoms with Crippen molar-refractivity contribution in [2.75, 3.05) is 0 Å². The fourth-order valence-corrected chi connectivity index (χ4v) is 2.76. The Kier molecular flexibility index (Phi) is 5.14. The Morgan fingerprint density at radius 1 is 1.14 bits per heavy atom. The maximum atomic E-state index is 12.3. The standard InChI is InChI=1S/C19H14ClN3O5/c1-10(21-13-4-2-3-11(9-13)18(26)27)15-16(24)22-19(28)23(17(15)25)14-7-5-12(20)6-8-14/h2-9,25H,1H3,(H,26,27)(H,22,24,28). The van der Waals surface area contributed by atoms with E-state index in [1.54, 1.807) is 6.07 Å². The zero-order valence-electron chi connectivity index (χ0n) is 14.5. The Labute approximate surface area is 163 Å². The van der Waals surface area contributed by atoms with Crippen molar-refractivity contribution in [1.29, 1.82) is 0 Å². The minimum absolute atomic E-state index is 0.0262. The maximum absolute atomic E-state index is 12.3. The summed E-state index contributed by atoms with van der Waals surface area (Å²) in [6, 6.07) is 11.9. The second kappa shape index (κ2) is 7.53. The molecule has 142 valence electrons. The lowest BCUT2D eigenvalue weighted by molar-refractivity contribution is 0.0697. The molecule has 0 amide bonds. The van der Waals surface area contributed by atoms with E-state index in [0.29, 0.717) is 10.7 Å². The molecule has 8 nitrogen and oxygen atoms in total. The fourth-order valence-electron chi connectivity index (χ4n) is 2.64. The number of nitrogens with zero attached hydrogens (tertiary/aromatic N) is 2. The molecule has 0 saturated carbocycles. The molecule has 2 aromatic carbocycles. The second-order valence-electron chi connectivity index (χ2n) is 5.82. The summed E-state index contributed by atoms with van der Waals surface area (Å²) in [5.41, 5.74) is -1.15. The van der Waals surface area contributed by atoms with E-state index in [9.17, 15) is 19.5 Å². The molecule has 0 aliphatic carbocycles. The first kappa shape index (κ1) is 19.1. The third-order valence-electron chi connectivity index (χ3n) is 3.92. The van der Waals surface area contributed by atoms with Crippen LogP contribution in [0.2, 0.25) is 5.02 Å². The van der Waals surface area contributed by atoms with Gasteiger partial charge in [0.1, 0.15) is 5.56 Å². The van der Waals surface area contributed by atoms with Crippen LogP contribution in [0.3, 0.4) is 0 Å². The molecule has 1 heterocycles. The lowest BCUT2D eigenvalue weighted by Crippen LogP contribution is -2.32. The van der Waals surface area contributed by atoms with E-state index in [1.165, 1.54) is 49.4 Å². The normalized spacial score (nSPS) is 11.4. The molecule has 0 saturated heterocycles. The molecule has 0 radical (unpaired) electrons. The van der Waals surface area contributed by atoms with Crippen molar-refractivity contribution in [3.05, 3.63) is 85.5 Å². The number of carboxylic acid groups (broad SMARTS) is 1. The van der Waals surface area contributed by atoms with Crippen molar-refractivity contribution in [2.45, 2.75) is 6.92 Å². The highest BCUT2D eigenvalue weighted by atomic mass is 35.5. The van der Waals surface area contributed by atoms with E-state index in [0.717, 1.165) is 4.57 Å². The number of carbonyl (C=O) groups is 1. The van der Waals surface area contributed by atoms with Crippen molar-refractivity contribution >= 4 is 29.0 Å². The number of hydrogen-bond donors (Lipinski definition) is 3. The molecular weight excluding hydrogens is 386 g/mol. The van der Waals surface area contributed by atoms with E-state index < -0.39 is 23.1 Å². The van der Waals surface area contributed by atoms with E-state index in [1.807, 2.05) is 0 Å². The maximum Gasteiger partial charge on any atom is 0.335 e. The third-order valence-corrected chi connectivity index (χ3v) is 4.17. The molecule has 28 heavy (non-hydrogen) atoms. The largest absolute Gasteiger partial charge is 0.493 e. The molecule has 3 rings (SSSR count). The Balaban J connectivity index is 2.16. The zero-order chi connectivity index (χ0) is 20.4. The SMILES string of the molecule is CC(=Nc1cccc(C(=O)O)c1)c1c(O)n(-c2ccc(Cl)cc2)c(=O)[nH]c1=O. The molecule has 0 fully saturated rings. The third kappa shape index (κ3) is 3.72. The Hall–Kier alpha value is -3.65. The Bertz CT molecular complexity index is 1210. The molecule has 9 heteroatoms. The van der Waals surface area contributed by atoms with Gasteiger partial charge in [0.2, 0.25) is 5.88 Å². The topological polar surface area (TPSA) is 125 Å². The van der Waals surface area contributed by atoms with Gasteiger partial charge in [-0.15, -0.1) is 0 Å². The van der Waals surface area contributed by atoms with Crippen LogP contribution in [-0.2, 0) is 0 Å². The lowest BCUT2D eigenvalue weighted by atomic mass is 10.1. The van der Waals surface area contributed by atoms with Gasteiger partial charge in [-0.2, -0.15) is 0 Å². The lowest BCUT2D eigenvalue weighted by Gasteiger charge is -2.11. The quantitative estimate of drug-likeness (QED) is 0.582. The van der Waals surface area contributed by atoms with Crippen LogP contribution >= 0.6 is 11.6 Å². The van der Waals surface area contributed by atoms with Crippen LogP contribution in [0.25, 0.3) is 5.69 Å². The number of aliphatic imine (C=N–C) groups is 1. The predicted octanol–water partition coefficient (Wildman–Crippen LogP) is 2.72. The van der Waals surface area contributed by atoms with Crippen LogP contribution in [0.4, 0.5) is 5.69 Å². The van der Waals surface area contributed by atoms with Crippen molar-refractivity contribution in [2.24, 2.45) is 4.99 Å². The highest BCUT2D eigenvalue weighted by Crippen LogP contribution is 2.21. The van der Waals surface area contributed by atoms with Gasteiger partial charge in [-0.25, -0.2) is 14.2 Å². The number of H-pyrrole nitrogens is 1. The van der Waals surface area contributed by atoms with E-state index in [-0.39, 0.29) is 22.5 Å². The molecule has 0 atom stereocenters. The summed E-state index contributed by atoms with van der Waals surface area (Å²) in [5, 5.41) is 20.1. The number of aromatic carboxylic acids is 1. The highest BCUT2D eigenvalue weighted by molar-refractivity contribution is 6.30. The number of carboxylic acids is 1.